The minimum absolute atomic E-state index is 0. The van der Waals surface area contributed by atoms with Gasteiger partial charge in [0.05, 0.1) is 12.1 Å². The number of aliphatic hydroxyl groups is 3. The Morgan fingerprint density at radius 1 is 1.19 bits per heavy atom. The molecule has 1 aliphatic carbocycles. The van der Waals surface area contributed by atoms with Gasteiger partial charge in [0.15, 0.2) is 11.5 Å². The molecule has 10 heteroatoms. The van der Waals surface area contributed by atoms with E-state index in [1.807, 2.05) is 0 Å². The Morgan fingerprint density at radius 2 is 1.85 bits per heavy atom. The monoisotopic (exact) mass is 376 g/mol. The van der Waals surface area contributed by atoms with E-state index in [1.54, 1.807) is 0 Å². The van der Waals surface area contributed by atoms with Gasteiger partial charge in [-0.05, 0) is 23.8 Å². The van der Waals surface area contributed by atoms with Crippen LogP contribution in [-0.4, -0.2) is 61.4 Å². The number of aliphatic hydroxyl groups excluding tert-OH is 2. The maximum absolute atomic E-state index is 11.8. The average Bonchev–Trinajstić information content (AvgIpc) is 2.53. The van der Waals surface area contributed by atoms with Gasteiger partial charge in [-0.3, -0.25) is 0 Å². The first-order valence-electron chi connectivity index (χ1n) is 7.33. The van der Waals surface area contributed by atoms with Crippen molar-refractivity contribution in [1.29, 1.82) is 0 Å². The summed E-state index contributed by atoms with van der Waals surface area (Å²) in [6.45, 7) is 0. The van der Waals surface area contributed by atoms with E-state index >= 15 is 0 Å². The number of esters is 1. The van der Waals surface area contributed by atoms with E-state index in [-0.39, 0.29) is 41.1 Å². The minimum Gasteiger partial charge on any atom is -0.547 e. The van der Waals surface area contributed by atoms with Crippen LogP contribution in [0.5, 0.6) is 11.5 Å². The molecule has 1 aliphatic rings. The summed E-state index contributed by atoms with van der Waals surface area (Å²) in [7, 11) is 0. The molecule has 0 heterocycles. The number of aromatic hydroxyl groups is 2. The fourth-order valence-electron chi connectivity index (χ4n) is 2.53. The summed E-state index contributed by atoms with van der Waals surface area (Å²) < 4.78 is 4.90. The number of ether oxygens (including phenoxy) is 1. The fourth-order valence-corrected chi connectivity index (χ4v) is 2.53. The fraction of sp³-hybridized carbons (Fsp3) is 0.375. The van der Waals surface area contributed by atoms with Crippen molar-refractivity contribution in [2.75, 3.05) is 0 Å². The molecular weight excluding hydrogens is 359 g/mol. The number of aliphatic carboxylic acids is 1. The summed E-state index contributed by atoms with van der Waals surface area (Å²) in [6.07, 6.45) is -3.70. The van der Waals surface area contributed by atoms with Gasteiger partial charge >= 0.3 is 35.5 Å². The second-order valence-corrected chi connectivity index (χ2v) is 5.84. The molecule has 0 unspecified atom stereocenters. The van der Waals surface area contributed by atoms with E-state index in [9.17, 15) is 40.2 Å². The smallest absolute Gasteiger partial charge is 0.547 e. The Bertz CT molecular complexity index is 705. The summed E-state index contributed by atoms with van der Waals surface area (Å²) in [5, 5.41) is 58.9. The maximum Gasteiger partial charge on any atom is 1.00 e. The second-order valence-electron chi connectivity index (χ2n) is 5.84. The number of hydrogen-bond acceptors (Lipinski definition) is 9. The summed E-state index contributed by atoms with van der Waals surface area (Å²) in [6, 6.07) is 3.81. The molecule has 26 heavy (non-hydrogen) atoms. The van der Waals surface area contributed by atoms with Crippen LogP contribution in [0.4, 0.5) is 0 Å². The zero-order valence-corrected chi connectivity index (χ0v) is 15.9. The molecule has 0 spiro atoms. The molecule has 5 N–H and O–H groups in total. The summed E-state index contributed by atoms with van der Waals surface area (Å²) in [5.74, 6) is -3.53. The van der Waals surface area contributed by atoms with Gasteiger partial charge in [0.2, 0.25) is 0 Å². The third kappa shape index (κ3) is 5.19. The molecule has 1 fully saturated rings. The summed E-state index contributed by atoms with van der Waals surface area (Å²) >= 11 is 0. The summed E-state index contributed by atoms with van der Waals surface area (Å²) in [5.41, 5.74) is -2.06. The second kappa shape index (κ2) is 8.85. The number of rotatable bonds is 4. The molecule has 9 nitrogen and oxygen atoms in total. The van der Waals surface area contributed by atoms with E-state index in [2.05, 4.69) is 0 Å². The number of phenolic OH excluding ortho intramolecular Hbond substituents is 2. The van der Waals surface area contributed by atoms with Crippen LogP contribution in [0.1, 0.15) is 18.4 Å². The van der Waals surface area contributed by atoms with Crippen LogP contribution in [0.25, 0.3) is 6.08 Å². The standard InChI is InChI=1S/C16H18O9.Na/c17-9-3-1-8(5-10(9)18)2-4-13(20)25-12-7-16(24,15(22)23)6-11(19)14(12)21;/h1-5,11-12,14,17-19,21,24H,6-7H2,(H,22,23);/q;+1/p-1/b4-2+;/t11-,12-,14-,16+;/m1./s1. The van der Waals surface area contributed by atoms with Crippen LogP contribution in [-0.2, 0) is 14.3 Å². The first kappa shape index (κ1) is 22.4. The largest absolute Gasteiger partial charge is 1.00 e. The van der Waals surface area contributed by atoms with Crippen molar-refractivity contribution < 1.29 is 74.5 Å². The van der Waals surface area contributed by atoms with Crippen molar-refractivity contribution in [1.82, 2.24) is 0 Å². The number of hydrogen-bond donors (Lipinski definition) is 5. The van der Waals surface area contributed by atoms with E-state index in [4.69, 9.17) is 4.74 Å². The Morgan fingerprint density at radius 3 is 2.42 bits per heavy atom. The molecule has 0 amide bonds. The molecule has 136 valence electrons. The maximum atomic E-state index is 11.8. The molecule has 0 aliphatic heterocycles. The van der Waals surface area contributed by atoms with Crippen molar-refractivity contribution in [2.45, 2.75) is 36.8 Å². The number of carboxylic acid groups (broad SMARTS) is 1. The number of carbonyl (C=O) groups is 2. The quantitative estimate of drug-likeness (QED) is 0.150. The SMILES string of the molecule is O=C(/C=C/c1ccc(O)c(O)c1)O[C@@H]1C[C@](O)(C(=O)[O-])C[C@@H](O)[C@H]1O.[Na+]. The summed E-state index contributed by atoms with van der Waals surface area (Å²) in [4.78, 5) is 22.8. The zero-order valence-electron chi connectivity index (χ0n) is 13.9. The Labute approximate surface area is 170 Å². The van der Waals surface area contributed by atoms with Crippen LogP contribution in [0, 0.1) is 0 Å². The molecule has 1 saturated carbocycles. The molecule has 0 bridgehead atoms. The van der Waals surface area contributed by atoms with Crippen LogP contribution in [0.2, 0.25) is 0 Å². The third-order valence-electron chi connectivity index (χ3n) is 3.92. The van der Waals surface area contributed by atoms with Gasteiger partial charge in [0.25, 0.3) is 0 Å². The molecule has 2 rings (SSSR count). The predicted molar refractivity (Wildman–Crippen MR) is 79.9 cm³/mol. The van der Waals surface area contributed by atoms with E-state index < -0.39 is 48.7 Å². The van der Waals surface area contributed by atoms with Crippen LogP contribution >= 0.6 is 0 Å². The van der Waals surface area contributed by atoms with Gasteiger partial charge in [0, 0.05) is 18.9 Å². The molecule has 0 aromatic heterocycles. The van der Waals surface area contributed by atoms with Crippen molar-refractivity contribution in [2.24, 2.45) is 0 Å². The minimum atomic E-state index is -2.42. The number of carboxylic acids is 1. The predicted octanol–water partition coefficient (Wildman–Crippen LogP) is -4.98. The first-order chi connectivity index (χ1) is 11.6. The van der Waals surface area contributed by atoms with Crippen LogP contribution < -0.4 is 34.7 Å². The topological polar surface area (TPSA) is 168 Å². The van der Waals surface area contributed by atoms with Gasteiger partial charge < -0.3 is 40.2 Å². The van der Waals surface area contributed by atoms with Gasteiger partial charge in [-0.1, -0.05) is 6.07 Å². The van der Waals surface area contributed by atoms with Crippen molar-refractivity contribution in [3.05, 3.63) is 29.8 Å². The van der Waals surface area contributed by atoms with Gasteiger partial charge in [-0.2, -0.15) is 0 Å². The van der Waals surface area contributed by atoms with Gasteiger partial charge in [-0.15, -0.1) is 0 Å². The molecular formula is C16H17NaO9. The van der Waals surface area contributed by atoms with Crippen LogP contribution in [0.3, 0.4) is 0 Å². The Kier molecular flexibility index (Phi) is 7.63. The van der Waals surface area contributed by atoms with Gasteiger partial charge in [0.1, 0.15) is 17.8 Å². The number of carbonyl (C=O) groups excluding carboxylic acids is 2. The third-order valence-corrected chi connectivity index (χ3v) is 3.92. The molecule has 1 aromatic rings. The van der Waals surface area contributed by atoms with Crippen LogP contribution in [0.15, 0.2) is 24.3 Å². The Hall–Kier alpha value is -1.62. The molecule has 0 radical (unpaired) electrons. The number of benzene rings is 1. The zero-order chi connectivity index (χ0) is 18.8. The van der Waals surface area contributed by atoms with Gasteiger partial charge in [-0.25, -0.2) is 4.79 Å². The molecule has 4 atom stereocenters. The Balaban J connectivity index is 0.00000338. The van der Waals surface area contributed by atoms with Crippen molar-refractivity contribution in [3.63, 3.8) is 0 Å². The average molecular weight is 376 g/mol. The van der Waals surface area contributed by atoms with Crippen molar-refractivity contribution >= 4 is 18.0 Å². The van der Waals surface area contributed by atoms with E-state index in [1.165, 1.54) is 24.3 Å². The molecule has 0 saturated heterocycles. The number of phenols is 2. The first-order valence-corrected chi connectivity index (χ1v) is 7.33. The van der Waals surface area contributed by atoms with E-state index in [0.29, 0.717) is 5.56 Å². The van der Waals surface area contributed by atoms with E-state index in [0.717, 1.165) is 6.08 Å². The normalized spacial score (nSPS) is 28.3. The van der Waals surface area contributed by atoms with Crippen molar-refractivity contribution in [3.8, 4) is 11.5 Å². The molecule has 1 aromatic carbocycles.